The summed E-state index contributed by atoms with van der Waals surface area (Å²) in [4.78, 5) is 13.9. The predicted octanol–water partition coefficient (Wildman–Crippen LogP) is 7.26. The van der Waals surface area contributed by atoms with Gasteiger partial charge in [0.15, 0.2) is 0 Å². The van der Waals surface area contributed by atoms with Crippen molar-refractivity contribution in [2.24, 2.45) is 0 Å². The summed E-state index contributed by atoms with van der Waals surface area (Å²) in [6.07, 6.45) is 10.3. The van der Waals surface area contributed by atoms with Crippen LogP contribution >= 0.6 is 0 Å². The average Bonchev–Trinajstić information content (AvgIpc) is 3.13. The molecule has 0 amide bonds. The van der Waals surface area contributed by atoms with E-state index in [-0.39, 0.29) is 0 Å². The van der Waals surface area contributed by atoms with Crippen molar-refractivity contribution in [2.45, 2.75) is 72.6 Å². The minimum Gasteiger partial charge on any atom is -0.303 e. The molecule has 3 aromatic heterocycles. The third-order valence-corrected chi connectivity index (χ3v) is 5.71. The summed E-state index contributed by atoms with van der Waals surface area (Å²) in [7, 11) is 0. The van der Waals surface area contributed by atoms with E-state index in [0.717, 1.165) is 60.9 Å². The maximum Gasteiger partial charge on any atom is 0.235 e. The summed E-state index contributed by atoms with van der Waals surface area (Å²) in [5.74, 6) is 0.908. The number of imidazole rings is 1. The van der Waals surface area contributed by atoms with Crippen molar-refractivity contribution < 1.29 is 8.78 Å². The first-order valence-electron chi connectivity index (χ1n) is 12.1. The first-order chi connectivity index (χ1) is 16.4. The van der Waals surface area contributed by atoms with Gasteiger partial charge in [-0.2, -0.15) is 0 Å². The molecule has 0 bridgehead atoms. The maximum absolute atomic E-state index is 10.3. The Bertz CT molecular complexity index is 1180. The van der Waals surface area contributed by atoms with Crippen molar-refractivity contribution in [3.05, 3.63) is 83.3 Å². The fraction of sp³-hybridized carbons (Fsp3) is 0.393. The van der Waals surface area contributed by atoms with Crippen LogP contribution < -0.4 is 0 Å². The Labute approximate surface area is 201 Å². The third kappa shape index (κ3) is 6.69. The van der Waals surface area contributed by atoms with Gasteiger partial charge < -0.3 is 4.40 Å². The highest BCUT2D eigenvalue weighted by molar-refractivity contribution is 5.63. The highest BCUT2D eigenvalue weighted by Crippen LogP contribution is 2.24. The fourth-order valence-electron chi connectivity index (χ4n) is 3.97. The van der Waals surface area contributed by atoms with Crippen LogP contribution in [0.25, 0.3) is 16.8 Å². The summed E-state index contributed by atoms with van der Waals surface area (Å²) in [6.45, 7) is 7.34. The minimum absolute atomic E-state index is 0.833. The molecule has 4 aromatic rings. The van der Waals surface area contributed by atoms with Crippen molar-refractivity contribution in [3.63, 3.8) is 0 Å². The molecule has 4 nitrogen and oxygen atoms in total. The van der Waals surface area contributed by atoms with Gasteiger partial charge in [-0.3, -0.25) is 0 Å². The Morgan fingerprint density at radius 2 is 1.56 bits per heavy atom. The monoisotopic (exact) mass is 464 g/mol. The molecule has 0 fully saturated rings. The predicted molar refractivity (Wildman–Crippen MR) is 134 cm³/mol. The molecule has 180 valence electrons. The molecule has 1 aromatic carbocycles. The topological polar surface area (TPSA) is 43.1 Å². The average molecular weight is 465 g/mol. The standard InChI is InChI=1S/C26H30N4.C2H4F2/c1-4-6-10-20-11-7-8-12-21(20)15-24-19(3)29-26-14-13-22(18-30(24)26)23-16-27-25(9-5-2)28-17-23;1-2(3)4/h7-8,11-14,16-18H,4-6,9-10,15H2,1-3H3;2H,1H3. The van der Waals surface area contributed by atoms with Crippen molar-refractivity contribution in [1.82, 2.24) is 19.4 Å². The van der Waals surface area contributed by atoms with E-state index >= 15 is 0 Å². The van der Waals surface area contributed by atoms with Crippen molar-refractivity contribution >= 4 is 5.65 Å². The van der Waals surface area contributed by atoms with Crippen molar-refractivity contribution in [1.29, 1.82) is 0 Å². The summed E-state index contributed by atoms with van der Waals surface area (Å²) in [5.41, 5.74) is 8.33. The molecule has 0 aliphatic heterocycles. The Balaban J connectivity index is 0.000000751. The summed E-state index contributed by atoms with van der Waals surface area (Å²) in [6, 6.07) is 13.0. The highest BCUT2D eigenvalue weighted by Gasteiger charge is 2.13. The van der Waals surface area contributed by atoms with Gasteiger partial charge in [0.05, 0.1) is 5.69 Å². The summed E-state index contributed by atoms with van der Waals surface area (Å²) in [5, 5.41) is 0. The molecule has 0 unspecified atom stereocenters. The Kier molecular flexibility index (Phi) is 9.25. The van der Waals surface area contributed by atoms with E-state index in [1.807, 2.05) is 12.4 Å². The van der Waals surface area contributed by atoms with Crippen LogP contribution in [0.1, 0.15) is 68.4 Å². The van der Waals surface area contributed by atoms with Gasteiger partial charge in [-0.25, -0.2) is 23.7 Å². The van der Waals surface area contributed by atoms with Gasteiger partial charge in [-0.1, -0.05) is 44.5 Å². The van der Waals surface area contributed by atoms with Crippen LogP contribution in [-0.2, 0) is 19.3 Å². The van der Waals surface area contributed by atoms with E-state index in [1.54, 1.807) is 0 Å². The second-order valence-corrected chi connectivity index (χ2v) is 8.50. The van der Waals surface area contributed by atoms with E-state index in [9.17, 15) is 8.78 Å². The van der Waals surface area contributed by atoms with Crippen LogP contribution in [0, 0.1) is 6.92 Å². The zero-order valence-electron chi connectivity index (χ0n) is 20.6. The van der Waals surface area contributed by atoms with Gasteiger partial charge in [0, 0.05) is 48.3 Å². The molecule has 0 aliphatic carbocycles. The van der Waals surface area contributed by atoms with Crippen LogP contribution in [0.3, 0.4) is 0 Å². The zero-order valence-corrected chi connectivity index (χ0v) is 20.6. The molecule has 0 aliphatic rings. The van der Waals surface area contributed by atoms with Gasteiger partial charge >= 0.3 is 0 Å². The molecule has 0 spiro atoms. The fourth-order valence-corrected chi connectivity index (χ4v) is 3.97. The van der Waals surface area contributed by atoms with Crippen LogP contribution in [0.2, 0.25) is 0 Å². The number of rotatable bonds is 8. The van der Waals surface area contributed by atoms with Crippen LogP contribution in [-0.4, -0.2) is 25.8 Å². The number of fused-ring (bicyclic) bond motifs is 1. The lowest BCUT2D eigenvalue weighted by Crippen LogP contribution is -2.01. The molecule has 4 rings (SSSR count). The number of unbranched alkanes of at least 4 members (excludes halogenated alkanes) is 1. The smallest absolute Gasteiger partial charge is 0.235 e. The van der Waals surface area contributed by atoms with E-state index in [1.165, 1.54) is 29.7 Å². The number of aryl methyl sites for hydroxylation is 3. The molecule has 3 heterocycles. The number of nitrogens with zero attached hydrogens (tertiary/aromatic N) is 4. The molecule has 0 atom stereocenters. The lowest BCUT2D eigenvalue weighted by atomic mass is 9.98. The van der Waals surface area contributed by atoms with Gasteiger partial charge in [-0.05, 0) is 56.4 Å². The molecule has 0 saturated heterocycles. The highest BCUT2D eigenvalue weighted by atomic mass is 19.3. The van der Waals surface area contributed by atoms with Crippen LogP contribution in [0.15, 0.2) is 55.0 Å². The second kappa shape index (κ2) is 12.4. The maximum atomic E-state index is 10.3. The number of pyridine rings is 1. The van der Waals surface area contributed by atoms with E-state index in [0.29, 0.717) is 0 Å². The largest absolute Gasteiger partial charge is 0.303 e. The van der Waals surface area contributed by atoms with Gasteiger partial charge in [0.1, 0.15) is 11.5 Å². The second-order valence-electron chi connectivity index (χ2n) is 8.50. The molecule has 34 heavy (non-hydrogen) atoms. The Morgan fingerprint density at radius 1 is 0.882 bits per heavy atom. The molecule has 6 heteroatoms. The molecular weight excluding hydrogens is 430 g/mol. The molecule has 0 N–H and O–H groups in total. The first kappa shape index (κ1) is 25.5. The minimum atomic E-state index is -2.17. The number of halogens is 2. The number of benzene rings is 1. The first-order valence-corrected chi connectivity index (χ1v) is 12.1. The number of aromatic nitrogens is 4. The van der Waals surface area contributed by atoms with Gasteiger partial charge in [0.2, 0.25) is 6.43 Å². The summed E-state index contributed by atoms with van der Waals surface area (Å²) >= 11 is 0. The molecule has 0 radical (unpaired) electrons. The van der Waals surface area contributed by atoms with Crippen molar-refractivity contribution in [3.8, 4) is 11.1 Å². The van der Waals surface area contributed by atoms with E-state index in [4.69, 9.17) is 4.98 Å². The normalized spacial score (nSPS) is 11.0. The van der Waals surface area contributed by atoms with Crippen LogP contribution in [0.4, 0.5) is 8.78 Å². The van der Waals surface area contributed by atoms with E-state index < -0.39 is 6.43 Å². The number of hydrogen-bond acceptors (Lipinski definition) is 3. The zero-order chi connectivity index (χ0) is 24.5. The third-order valence-electron chi connectivity index (χ3n) is 5.71. The lowest BCUT2D eigenvalue weighted by molar-refractivity contribution is 0.171. The Hall–Kier alpha value is -3.15. The van der Waals surface area contributed by atoms with E-state index in [2.05, 4.69) is 77.7 Å². The van der Waals surface area contributed by atoms with Crippen LogP contribution in [0.5, 0.6) is 0 Å². The van der Waals surface area contributed by atoms with Gasteiger partial charge in [0.25, 0.3) is 0 Å². The molecular formula is C28H34F2N4. The Morgan fingerprint density at radius 3 is 2.21 bits per heavy atom. The number of alkyl halides is 2. The molecule has 0 saturated carbocycles. The SMILES string of the molecule is CC(F)F.CCCCc1ccccc1Cc1c(C)nc2ccc(-c3cnc(CCC)nc3)cn12. The lowest BCUT2D eigenvalue weighted by Gasteiger charge is -2.11. The van der Waals surface area contributed by atoms with Gasteiger partial charge in [-0.15, -0.1) is 0 Å². The quantitative estimate of drug-likeness (QED) is 0.276. The van der Waals surface area contributed by atoms with Crippen molar-refractivity contribution in [2.75, 3.05) is 0 Å². The number of hydrogen-bond donors (Lipinski definition) is 0. The summed E-state index contributed by atoms with van der Waals surface area (Å²) < 4.78 is 22.9.